The van der Waals surface area contributed by atoms with E-state index < -0.39 is 0 Å². The third-order valence-corrected chi connectivity index (χ3v) is 5.49. The van der Waals surface area contributed by atoms with Gasteiger partial charge in [-0.05, 0) is 19.1 Å². The van der Waals surface area contributed by atoms with E-state index in [2.05, 4.69) is 37.0 Å². The standard InChI is InChI=1S/C19H19N7/c1-13-7-18(26-17(23-13)4-6-22-26)24-9-15-11-25(12-16(15)10-24)19-14(8-20)3-2-5-21-19/h2-7,15-16H,9-12H2,1H3. The van der Waals surface area contributed by atoms with Gasteiger partial charge in [0.2, 0.25) is 0 Å². The number of anilines is 2. The summed E-state index contributed by atoms with van der Waals surface area (Å²) in [5.74, 6) is 3.09. The molecule has 2 aliphatic heterocycles. The zero-order valence-electron chi connectivity index (χ0n) is 14.6. The summed E-state index contributed by atoms with van der Waals surface area (Å²) in [5.41, 5.74) is 2.57. The molecule has 2 saturated heterocycles. The molecule has 5 rings (SSSR count). The second kappa shape index (κ2) is 5.70. The average Bonchev–Trinajstić information content (AvgIpc) is 3.35. The zero-order chi connectivity index (χ0) is 17.7. The summed E-state index contributed by atoms with van der Waals surface area (Å²) < 4.78 is 1.93. The molecule has 2 aliphatic rings. The minimum atomic E-state index is 0.572. The molecule has 0 spiro atoms. The van der Waals surface area contributed by atoms with Crippen molar-refractivity contribution in [3.05, 3.63) is 47.9 Å². The van der Waals surface area contributed by atoms with Crippen LogP contribution in [0.15, 0.2) is 36.7 Å². The van der Waals surface area contributed by atoms with Gasteiger partial charge in [-0.15, -0.1) is 0 Å². The van der Waals surface area contributed by atoms with Crippen LogP contribution < -0.4 is 9.80 Å². The van der Waals surface area contributed by atoms with Gasteiger partial charge in [0.05, 0.1) is 11.8 Å². The average molecular weight is 345 g/mol. The van der Waals surface area contributed by atoms with Crippen molar-refractivity contribution in [1.29, 1.82) is 5.26 Å². The Balaban J connectivity index is 1.39. The first kappa shape index (κ1) is 15.1. The lowest BCUT2D eigenvalue weighted by Crippen LogP contribution is -2.30. The predicted octanol–water partition coefficient (Wildman–Crippen LogP) is 1.88. The molecule has 3 aromatic rings. The van der Waals surface area contributed by atoms with Crippen molar-refractivity contribution in [3.63, 3.8) is 0 Å². The Morgan fingerprint density at radius 3 is 2.62 bits per heavy atom. The fraction of sp³-hybridized carbons (Fsp3) is 0.368. The van der Waals surface area contributed by atoms with Gasteiger partial charge in [-0.25, -0.2) is 9.97 Å². The maximum atomic E-state index is 9.34. The molecule has 7 heteroatoms. The molecule has 0 N–H and O–H groups in total. The maximum Gasteiger partial charge on any atom is 0.157 e. The third kappa shape index (κ3) is 2.30. The minimum absolute atomic E-state index is 0.572. The summed E-state index contributed by atoms with van der Waals surface area (Å²) in [7, 11) is 0. The van der Waals surface area contributed by atoms with Gasteiger partial charge >= 0.3 is 0 Å². The van der Waals surface area contributed by atoms with E-state index in [1.54, 1.807) is 12.4 Å². The Hall–Kier alpha value is -3.14. The SMILES string of the molecule is Cc1cc(N2CC3CN(c4ncccc4C#N)CC3C2)n2nccc2n1. The summed E-state index contributed by atoms with van der Waals surface area (Å²) in [5, 5.41) is 13.8. The lowest BCUT2D eigenvalue weighted by molar-refractivity contribution is 0.533. The number of hydrogen-bond acceptors (Lipinski definition) is 6. The fourth-order valence-electron chi connectivity index (χ4n) is 4.33. The molecule has 2 atom stereocenters. The van der Waals surface area contributed by atoms with Gasteiger partial charge in [-0.3, -0.25) is 0 Å². The molecule has 26 heavy (non-hydrogen) atoms. The van der Waals surface area contributed by atoms with Gasteiger partial charge < -0.3 is 9.80 Å². The molecule has 0 radical (unpaired) electrons. The zero-order valence-corrected chi connectivity index (χ0v) is 14.6. The molecule has 0 bridgehead atoms. The van der Waals surface area contributed by atoms with Crippen molar-refractivity contribution in [2.24, 2.45) is 11.8 Å². The monoisotopic (exact) mass is 345 g/mol. The second-order valence-electron chi connectivity index (χ2n) is 7.17. The first-order valence-electron chi connectivity index (χ1n) is 8.89. The predicted molar refractivity (Wildman–Crippen MR) is 98.1 cm³/mol. The third-order valence-electron chi connectivity index (χ3n) is 5.49. The molecule has 0 aliphatic carbocycles. The first-order chi connectivity index (χ1) is 12.7. The van der Waals surface area contributed by atoms with E-state index in [1.807, 2.05) is 29.6 Å². The van der Waals surface area contributed by atoms with E-state index in [9.17, 15) is 5.26 Å². The van der Waals surface area contributed by atoms with E-state index in [0.29, 0.717) is 17.4 Å². The van der Waals surface area contributed by atoms with E-state index in [1.165, 1.54) is 0 Å². The Bertz CT molecular complexity index is 1000. The maximum absolute atomic E-state index is 9.34. The lowest BCUT2D eigenvalue weighted by Gasteiger charge is -2.24. The van der Waals surface area contributed by atoms with Crippen molar-refractivity contribution in [2.75, 3.05) is 36.0 Å². The number of rotatable bonds is 2. The topological polar surface area (TPSA) is 73.3 Å². The highest BCUT2D eigenvalue weighted by atomic mass is 15.4. The highest BCUT2D eigenvalue weighted by Gasteiger charge is 2.41. The molecule has 5 heterocycles. The van der Waals surface area contributed by atoms with Crippen LogP contribution in [0.5, 0.6) is 0 Å². The Morgan fingerprint density at radius 2 is 1.85 bits per heavy atom. The minimum Gasteiger partial charge on any atom is -0.356 e. The summed E-state index contributed by atoms with van der Waals surface area (Å²) in [6.07, 6.45) is 3.57. The molecule has 130 valence electrons. The number of fused-ring (bicyclic) bond motifs is 2. The van der Waals surface area contributed by atoms with Gasteiger partial charge in [0.1, 0.15) is 17.7 Å². The number of hydrogen-bond donors (Lipinski definition) is 0. The van der Waals surface area contributed by atoms with Crippen LogP contribution in [0.3, 0.4) is 0 Å². The van der Waals surface area contributed by atoms with Gasteiger partial charge in [-0.2, -0.15) is 14.9 Å². The molecular weight excluding hydrogens is 326 g/mol. The van der Waals surface area contributed by atoms with E-state index in [4.69, 9.17) is 0 Å². The molecule has 2 unspecified atom stereocenters. The van der Waals surface area contributed by atoms with Crippen LogP contribution in [-0.2, 0) is 0 Å². The van der Waals surface area contributed by atoms with Gasteiger partial charge in [-0.1, -0.05) is 0 Å². The number of pyridine rings is 1. The number of nitrogens with zero attached hydrogens (tertiary/aromatic N) is 7. The van der Waals surface area contributed by atoms with Crippen molar-refractivity contribution in [2.45, 2.75) is 6.92 Å². The van der Waals surface area contributed by atoms with Crippen LogP contribution in [-0.4, -0.2) is 45.8 Å². The van der Waals surface area contributed by atoms with Crippen LogP contribution in [0.2, 0.25) is 0 Å². The summed E-state index contributed by atoms with van der Waals surface area (Å²) in [6, 6.07) is 9.99. The summed E-state index contributed by atoms with van der Waals surface area (Å²) in [4.78, 5) is 13.7. The highest BCUT2D eigenvalue weighted by molar-refractivity contribution is 5.56. The van der Waals surface area contributed by atoms with Crippen molar-refractivity contribution in [1.82, 2.24) is 19.6 Å². The van der Waals surface area contributed by atoms with E-state index in [0.717, 1.165) is 49.2 Å². The smallest absolute Gasteiger partial charge is 0.157 e. The number of aryl methyl sites for hydroxylation is 1. The number of aromatic nitrogens is 4. The van der Waals surface area contributed by atoms with Crippen molar-refractivity contribution in [3.8, 4) is 6.07 Å². The Kier molecular flexibility index (Phi) is 3.32. The fourth-order valence-corrected chi connectivity index (χ4v) is 4.33. The normalized spacial score (nSPS) is 22.0. The molecule has 2 fully saturated rings. The van der Waals surface area contributed by atoms with Gasteiger partial charge in [0, 0.05) is 62.0 Å². The Labute approximate surface area is 151 Å². The van der Waals surface area contributed by atoms with Crippen LogP contribution >= 0.6 is 0 Å². The van der Waals surface area contributed by atoms with E-state index in [-0.39, 0.29) is 0 Å². The highest BCUT2D eigenvalue weighted by Crippen LogP contribution is 2.36. The van der Waals surface area contributed by atoms with Gasteiger partial charge in [0.25, 0.3) is 0 Å². The van der Waals surface area contributed by atoms with Crippen LogP contribution in [0.1, 0.15) is 11.3 Å². The van der Waals surface area contributed by atoms with Crippen molar-refractivity contribution < 1.29 is 0 Å². The molecule has 0 aromatic carbocycles. The lowest BCUT2D eigenvalue weighted by atomic mass is 10.0. The molecular formula is C19H19N7. The quantitative estimate of drug-likeness (QED) is 0.706. The second-order valence-corrected chi connectivity index (χ2v) is 7.17. The Morgan fingerprint density at radius 1 is 1.08 bits per heavy atom. The largest absolute Gasteiger partial charge is 0.356 e. The molecule has 0 saturated carbocycles. The molecule has 3 aromatic heterocycles. The summed E-state index contributed by atoms with van der Waals surface area (Å²) >= 11 is 0. The van der Waals surface area contributed by atoms with Crippen LogP contribution in [0.25, 0.3) is 5.65 Å². The van der Waals surface area contributed by atoms with Crippen molar-refractivity contribution >= 4 is 17.3 Å². The number of nitriles is 1. The van der Waals surface area contributed by atoms with Crippen LogP contribution in [0, 0.1) is 30.1 Å². The van der Waals surface area contributed by atoms with Crippen LogP contribution in [0.4, 0.5) is 11.6 Å². The summed E-state index contributed by atoms with van der Waals surface area (Å²) in [6.45, 7) is 5.90. The molecule has 7 nitrogen and oxygen atoms in total. The molecule has 0 amide bonds. The first-order valence-corrected chi connectivity index (χ1v) is 8.89. The van der Waals surface area contributed by atoms with Gasteiger partial charge in [0.15, 0.2) is 5.65 Å². The van der Waals surface area contributed by atoms with E-state index >= 15 is 0 Å².